The van der Waals surface area contributed by atoms with Crippen LogP contribution in [0, 0.1) is 0 Å². The van der Waals surface area contributed by atoms with Crippen LogP contribution in [0.25, 0.3) is 0 Å². The molecular formula is C20H15F6N3O2S. The summed E-state index contributed by atoms with van der Waals surface area (Å²) < 4.78 is 77.9. The second kappa shape index (κ2) is 9.07. The third-order valence-electron chi connectivity index (χ3n) is 4.17. The van der Waals surface area contributed by atoms with Gasteiger partial charge >= 0.3 is 12.4 Å². The molecule has 32 heavy (non-hydrogen) atoms. The molecule has 3 N–H and O–H groups in total. The zero-order valence-electron chi connectivity index (χ0n) is 16.0. The fourth-order valence-corrected chi connectivity index (χ4v) is 3.54. The summed E-state index contributed by atoms with van der Waals surface area (Å²) in [5.74, 6) is -0.992. The van der Waals surface area contributed by atoms with Gasteiger partial charge in [0.1, 0.15) is 0 Å². The predicted octanol–water partition coefficient (Wildman–Crippen LogP) is 5.49. The highest BCUT2D eigenvalue weighted by molar-refractivity contribution is 7.16. The van der Waals surface area contributed by atoms with Crippen LogP contribution in [0.4, 0.5) is 37.2 Å². The third kappa shape index (κ3) is 6.13. The number of anilines is 2. The molecule has 5 nitrogen and oxygen atoms in total. The van der Waals surface area contributed by atoms with Gasteiger partial charge < -0.3 is 15.7 Å². The van der Waals surface area contributed by atoms with Gasteiger partial charge in [0, 0.05) is 12.2 Å². The Morgan fingerprint density at radius 3 is 2.12 bits per heavy atom. The van der Waals surface area contributed by atoms with Crippen LogP contribution in [0.15, 0.2) is 48.5 Å². The first kappa shape index (κ1) is 23.4. The number of amides is 1. The molecule has 0 aliphatic carbocycles. The molecule has 0 fully saturated rings. The Kier molecular flexibility index (Phi) is 6.63. The summed E-state index contributed by atoms with van der Waals surface area (Å²) in [5.41, 5.74) is -2.64. The highest BCUT2D eigenvalue weighted by atomic mass is 32.1. The van der Waals surface area contributed by atoms with E-state index < -0.39 is 41.0 Å². The fraction of sp³-hybridized carbons (Fsp3) is 0.200. The largest absolute Gasteiger partial charge is 0.492 e. The van der Waals surface area contributed by atoms with Crippen LogP contribution in [0.1, 0.15) is 21.6 Å². The number of nitrogens with zero attached hydrogens (tertiary/aromatic N) is 1. The Hall–Kier alpha value is -3.28. The van der Waals surface area contributed by atoms with E-state index in [1.807, 2.05) is 6.07 Å². The van der Waals surface area contributed by atoms with Crippen molar-refractivity contribution in [2.24, 2.45) is 0 Å². The number of carbonyl (C=O) groups is 1. The third-order valence-corrected chi connectivity index (χ3v) is 5.13. The molecule has 0 atom stereocenters. The molecule has 1 aromatic heterocycles. The van der Waals surface area contributed by atoms with E-state index in [0.717, 1.165) is 16.9 Å². The van der Waals surface area contributed by atoms with Crippen molar-refractivity contribution in [2.75, 3.05) is 5.32 Å². The number of carbonyl (C=O) groups excluding carboxylic acids is 1. The van der Waals surface area contributed by atoms with Crippen molar-refractivity contribution < 1.29 is 36.2 Å². The van der Waals surface area contributed by atoms with E-state index in [1.165, 1.54) is 0 Å². The topological polar surface area (TPSA) is 74.2 Å². The Morgan fingerprint density at radius 1 is 0.969 bits per heavy atom. The Bertz CT molecular complexity index is 1060. The Labute approximate surface area is 181 Å². The maximum Gasteiger partial charge on any atom is 0.416 e. The van der Waals surface area contributed by atoms with Gasteiger partial charge in [0.25, 0.3) is 0 Å². The minimum absolute atomic E-state index is 0.00695. The predicted molar refractivity (Wildman–Crippen MR) is 106 cm³/mol. The second-order valence-electron chi connectivity index (χ2n) is 6.62. The normalized spacial score (nSPS) is 11.9. The Balaban J connectivity index is 1.74. The standard InChI is InChI=1S/C20H15F6N3O2S/c21-19(22,23)12-6-13(20(24,25)26)8-14(7-12)28-18-29-17(31)15(32-18)9-16(30)27-10-11-4-2-1-3-5-11/h1-8,31H,9-10H2,(H,27,30)(H,28,29). The molecule has 1 amide bonds. The molecule has 12 heteroatoms. The maximum atomic E-state index is 13.0. The van der Waals surface area contributed by atoms with Crippen LogP contribution in [-0.2, 0) is 30.1 Å². The number of halogens is 6. The second-order valence-corrected chi connectivity index (χ2v) is 7.71. The lowest BCUT2D eigenvalue weighted by Gasteiger charge is -2.14. The summed E-state index contributed by atoms with van der Waals surface area (Å²) >= 11 is 0.735. The van der Waals surface area contributed by atoms with Gasteiger partial charge in [-0.3, -0.25) is 4.79 Å². The first-order chi connectivity index (χ1) is 14.9. The van der Waals surface area contributed by atoms with E-state index >= 15 is 0 Å². The van der Waals surface area contributed by atoms with Crippen LogP contribution < -0.4 is 10.6 Å². The van der Waals surface area contributed by atoms with E-state index in [-0.39, 0.29) is 29.0 Å². The molecule has 0 unspecified atom stereocenters. The molecule has 3 rings (SSSR count). The highest BCUT2D eigenvalue weighted by Gasteiger charge is 2.37. The number of benzene rings is 2. The van der Waals surface area contributed by atoms with Crippen molar-refractivity contribution >= 4 is 28.1 Å². The summed E-state index contributed by atoms with van der Waals surface area (Å²) in [6.45, 7) is 0.245. The number of rotatable bonds is 6. The lowest BCUT2D eigenvalue weighted by atomic mass is 10.1. The molecule has 1 heterocycles. The summed E-state index contributed by atoms with van der Waals surface area (Å²) in [6, 6.07) is 10.0. The van der Waals surface area contributed by atoms with Gasteiger partial charge in [-0.05, 0) is 23.8 Å². The van der Waals surface area contributed by atoms with Crippen LogP contribution in [0.5, 0.6) is 5.88 Å². The van der Waals surface area contributed by atoms with Crippen molar-refractivity contribution in [2.45, 2.75) is 25.3 Å². The average molecular weight is 475 g/mol. The highest BCUT2D eigenvalue weighted by Crippen LogP contribution is 2.39. The van der Waals surface area contributed by atoms with E-state index in [9.17, 15) is 36.2 Å². The molecule has 0 bridgehead atoms. The smallest absolute Gasteiger partial charge is 0.416 e. The minimum atomic E-state index is -5.00. The van der Waals surface area contributed by atoms with Crippen LogP contribution in [-0.4, -0.2) is 16.0 Å². The van der Waals surface area contributed by atoms with Gasteiger partial charge in [-0.1, -0.05) is 41.7 Å². The number of hydrogen-bond acceptors (Lipinski definition) is 5. The maximum absolute atomic E-state index is 13.0. The van der Waals surface area contributed by atoms with Crippen LogP contribution in [0.2, 0.25) is 0 Å². The van der Waals surface area contributed by atoms with Crippen molar-refractivity contribution in [3.05, 3.63) is 70.1 Å². The number of thiazole rings is 1. The van der Waals surface area contributed by atoms with Gasteiger partial charge in [0.15, 0.2) is 5.13 Å². The lowest BCUT2D eigenvalue weighted by molar-refractivity contribution is -0.143. The molecule has 0 radical (unpaired) electrons. The van der Waals surface area contributed by atoms with Gasteiger partial charge in [-0.2, -0.15) is 31.3 Å². The summed E-state index contributed by atoms with van der Waals surface area (Å²) in [6.07, 6.45) is -10.3. The van der Waals surface area contributed by atoms with E-state index in [1.54, 1.807) is 24.3 Å². The molecule has 0 spiro atoms. The average Bonchev–Trinajstić information content (AvgIpc) is 3.04. The number of hydrogen-bond donors (Lipinski definition) is 3. The minimum Gasteiger partial charge on any atom is -0.492 e. The Morgan fingerprint density at radius 2 is 1.56 bits per heavy atom. The van der Waals surface area contributed by atoms with Crippen molar-refractivity contribution in [3.63, 3.8) is 0 Å². The summed E-state index contributed by atoms with van der Waals surface area (Å²) in [7, 11) is 0. The zero-order valence-corrected chi connectivity index (χ0v) is 16.8. The fourth-order valence-electron chi connectivity index (χ4n) is 2.67. The van der Waals surface area contributed by atoms with Crippen molar-refractivity contribution in [1.29, 1.82) is 0 Å². The van der Waals surface area contributed by atoms with Crippen LogP contribution >= 0.6 is 11.3 Å². The lowest BCUT2D eigenvalue weighted by Crippen LogP contribution is -2.24. The van der Waals surface area contributed by atoms with Crippen molar-refractivity contribution in [1.82, 2.24) is 10.3 Å². The molecule has 0 saturated carbocycles. The first-order valence-corrected chi connectivity index (χ1v) is 9.79. The van der Waals surface area contributed by atoms with Crippen LogP contribution in [0.3, 0.4) is 0 Å². The van der Waals surface area contributed by atoms with Gasteiger partial charge in [-0.15, -0.1) is 0 Å². The molecule has 0 aliphatic rings. The number of alkyl halides is 6. The molecule has 2 aromatic carbocycles. The molecule has 170 valence electrons. The van der Waals surface area contributed by atoms with Gasteiger partial charge in [0.2, 0.25) is 11.8 Å². The van der Waals surface area contributed by atoms with E-state index in [2.05, 4.69) is 15.6 Å². The number of aromatic hydroxyl groups is 1. The quantitative estimate of drug-likeness (QED) is 0.413. The molecule has 0 aliphatic heterocycles. The van der Waals surface area contributed by atoms with Gasteiger partial charge in [-0.25, -0.2) is 0 Å². The zero-order chi connectivity index (χ0) is 23.5. The monoisotopic (exact) mass is 475 g/mol. The number of aromatic nitrogens is 1. The van der Waals surface area contributed by atoms with E-state index in [0.29, 0.717) is 12.1 Å². The summed E-state index contributed by atoms with van der Waals surface area (Å²) in [5, 5.41) is 14.7. The molecular weight excluding hydrogens is 460 g/mol. The molecule has 0 saturated heterocycles. The first-order valence-electron chi connectivity index (χ1n) is 8.97. The molecule has 3 aromatic rings. The van der Waals surface area contributed by atoms with Crippen molar-refractivity contribution in [3.8, 4) is 5.88 Å². The SMILES string of the molecule is O=C(Cc1sc(Nc2cc(C(F)(F)F)cc(C(F)(F)F)c2)nc1O)NCc1ccccc1. The van der Waals surface area contributed by atoms with Gasteiger partial charge in [0.05, 0.1) is 22.4 Å². The van der Waals surface area contributed by atoms with E-state index in [4.69, 9.17) is 0 Å². The summed E-state index contributed by atoms with van der Waals surface area (Å²) in [4.78, 5) is 15.9. The number of nitrogens with one attached hydrogen (secondary N) is 2.